The Bertz CT molecular complexity index is 788. The van der Waals surface area contributed by atoms with Crippen LogP contribution in [0.3, 0.4) is 0 Å². The number of pyridine rings is 1. The third kappa shape index (κ3) is 4.37. The summed E-state index contributed by atoms with van der Waals surface area (Å²) in [4.78, 5) is 30.1. The maximum Gasteiger partial charge on any atom is 0.335 e. The molecule has 0 aliphatic carbocycles. The molecule has 136 valence electrons. The van der Waals surface area contributed by atoms with Crippen LogP contribution in [0.1, 0.15) is 21.5 Å². The Morgan fingerprint density at radius 2 is 1.85 bits per heavy atom. The van der Waals surface area contributed by atoms with Gasteiger partial charge in [-0.15, -0.1) is 0 Å². The number of carbonyl (C=O) groups excluding carboxylic acids is 1. The monoisotopic (exact) mass is 355 g/mol. The third-order valence-corrected chi connectivity index (χ3v) is 4.25. The van der Waals surface area contributed by atoms with E-state index in [1.54, 1.807) is 24.4 Å². The highest BCUT2D eigenvalue weighted by molar-refractivity contribution is 5.91. The Morgan fingerprint density at radius 1 is 1.12 bits per heavy atom. The van der Waals surface area contributed by atoms with E-state index < -0.39 is 5.97 Å². The number of aromatic nitrogens is 1. The topological polar surface area (TPSA) is 91.8 Å². The first-order valence-electron chi connectivity index (χ1n) is 8.49. The number of ether oxygens (including phenoxy) is 1. The first-order chi connectivity index (χ1) is 12.6. The van der Waals surface area contributed by atoms with Crippen molar-refractivity contribution in [3.8, 4) is 0 Å². The number of rotatable bonds is 6. The van der Waals surface area contributed by atoms with Crippen molar-refractivity contribution in [3.63, 3.8) is 0 Å². The average molecular weight is 355 g/mol. The zero-order chi connectivity index (χ0) is 18.4. The molecule has 7 heteroatoms. The molecule has 0 bridgehead atoms. The Kier molecular flexibility index (Phi) is 5.80. The minimum atomic E-state index is -1.03. The van der Waals surface area contributed by atoms with Gasteiger partial charge in [-0.2, -0.15) is 0 Å². The molecule has 1 amide bonds. The van der Waals surface area contributed by atoms with E-state index in [1.165, 1.54) is 6.07 Å². The van der Waals surface area contributed by atoms with E-state index in [-0.39, 0.29) is 17.9 Å². The minimum absolute atomic E-state index is 0.0234. The normalized spacial score (nSPS) is 14.1. The molecule has 1 aliphatic heterocycles. The van der Waals surface area contributed by atoms with Crippen LogP contribution in [-0.4, -0.2) is 48.3 Å². The number of nitrogens with one attached hydrogen (secondary N) is 1. The van der Waals surface area contributed by atoms with Crippen molar-refractivity contribution in [2.45, 2.75) is 13.0 Å². The van der Waals surface area contributed by atoms with Crippen LogP contribution in [0, 0.1) is 0 Å². The van der Waals surface area contributed by atoms with Gasteiger partial charge in [0.25, 0.3) is 0 Å². The molecule has 1 aromatic carbocycles. The zero-order valence-electron chi connectivity index (χ0n) is 14.4. The lowest BCUT2D eigenvalue weighted by molar-refractivity contribution is -0.120. The summed E-state index contributed by atoms with van der Waals surface area (Å²) in [5.41, 5.74) is 1.57. The fourth-order valence-corrected chi connectivity index (χ4v) is 2.94. The molecule has 2 heterocycles. The van der Waals surface area contributed by atoms with Gasteiger partial charge in [0, 0.05) is 31.4 Å². The first-order valence-corrected chi connectivity index (χ1v) is 8.49. The molecule has 1 aromatic heterocycles. The van der Waals surface area contributed by atoms with Crippen LogP contribution in [0.25, 0.3) is 0 Å². The van der Waals surface area contributed by atoms with Crippen molar-refractivity contribution in [1.82, 2.24) is 10.3 Å². The van der Waals surface area contributed by atoms with Gasteiger partial charge < -0.3 is 20.1 Å². The summed E-state index contributed by atoms with van der Waals surface area (Å²) in [7, 11) is 0. The van der Waals surface area contributed by atoms with Crippen LogP contribution in [0.15, 0.2) is 42.6 Å². The summed E-state index contributed by atoms with van der Waals surface area (Å²) in [6, 6.07) is 10.3. The van der Waals surface area contributed by atoms with Gasteiger partial charge in [0.2, 0.25) is 5.91 Å². The Balaban J connectivity index is 1.64. The van der Waals surface area contributed by atoms with Gasteiger partial charge in [0.15, 0.2) is 0 Å². The maximum atomic E-state index is 12.3. The van der Waals surface area contributed by atoms with Crippen molar-refractivity contribution < 1.29 is 19.4 Å². The van der Waals surface area contributed by atoms with E-state index in [0.717, 1.165) is 24.5 Å². The second kappa shape index (κ2) is 8.44. The van der Waals surface area contributed by atoms with Gasteiger partial charge >= 0.3 is 5.97 Å². The number of anilines is 1. The lowest BCUT2D eigenvalue weighted by Crippen LogP contribution is -2.38. The standard InChI is InChI=1S/C19H21N3O4/c23-17(12-14-4-1-2-6-16(14)19(24)25)21-13-15-5-3-7-20-18(15)22-8-10-26-11-9-22/h1-7H,8-13H2,(H,21,23)(H,24,25). The Labute approximate surface area is 151 Å². The molecule has 26 heavy (non-hydrogen) atoms. The van der Waals surface area contributed by atoms with E-state index in [0.29, 0.717) is 25.3 Å². The van der Waals surface area contributed by atoms with Crippen molar-refractivity contribution in [1.29, 1.82) is 0 Å². The number of carbonyl (C=O) groups is 2. The molecule has 1 fully saturated rings. The molecule has 1 aliphatic rings. The van der Waals surface area contributed by atoms with Crippen LogP contribution in [0.4, 0.5) is 5.82 Å². The largest absolute Gasteiger partial charge is 0.478 e. The minimum Gasteiger partial charge on any atom is -0.478 e. The number of carboxylic acid groups (broad SMARTS) is 1. The molecular weight excluding hydrogens is 334 g/mol. The number of aromatic carboxylic acids is 1. The molecule has 0 spiro atoms. The Hall–Kier alpha value is -2.93. The fraction of sp³-hybridized carbons (Fsp3) is 0.316. The molecule has 2 aromatic rings. The molecular formula is C19H21N3O4. The van der Waals surface area contributed by atoms with E-state index >= 15 is 0 Å². The highest BCUT2D eigenvalue weighted by Gasteiger charge is 2.17. The van der Waals surface area contributed by atoms with Crippen molar-refractivity contribution in [3.05, 3.63) is 59.3 Å². The molecule has 0 unspecified atom stereocenters. The van der Waals surface area contributed by atoms with E-state index in [4.69, 9.17) is 4.74 Å². The molecule has 7 nitrogen and oxygen atoms in total. The summed E-state index contributed by atoms with van der Waals surface area (Å²) in [5.74, 6) is -0.409. The number of amides is 1. The fourth-order valence-electron chi connectivity index (χ4n) is 2.94. The summed E-state index contributed by atoms with van der Waals surface area (Å²) in [5, 5.41) is 12.1. The second-order valence-electron chi connectivity index (χ2n) is 6.00. The lowest BCUT2D eigenvalue weighted by atomic mass is 10.0. The first kappa shape index (κ1) is 17.9. The van der Waals surface area contributed by atoms with Gasteiger partial charge in [-0.3, -0.25) is 4.79 Å². The van der Waals surface area contributed by atoms with E-state index in [1.807, 2.05) is 12.1 Å². The predicted octanol–water partition coefficient (Wildman–Crippen LogP) is 1.48. The smallest absolute Gasteiger partial charge is 0.335 e. The molecule has 0 radical (unpaired) electrons. The van der Waals surface area contributed by atoms with Gasteiger partial charge in [-0.25, -0.2) is 9.78 Å². The average Bonchev–Trinajstić information content (AvgIpc) is 2.67. The predicted molar refractivity (Wildman–Crippen MR) is 96.2 cm³/mol. The Morgan fingerprint density at radius 3 is 2.62 bits per heavy atom. The van der Waals surface area contributed by atoms with Gasteiger partial charge in [-0.1, -0.05) is 24.3 Å². The molecule has 0 atom stereocenters. The van der Waals surface area contributed by atoms with Crippen molar-refractivity contribution >= 4 is 17.7 Å². The number of benzene rings is 1. The third-order valence-electron chi connectivity index (χ3n) is 4.25. The maximum absolute atomic E-state index is 12.3. The van der Waals surface area contributed by atoms with Gasteiger partial charge in [-0.05, 0) is 17.7 Å². The number of nitrogens with zero attached hydrogens (tertiary/aromatic N) is 2. The van der Waals surface area contributed by atoms with Crippen LogP contribution in [0.5, 0.6) is 0 Å². The number of morpholine rings is 1. The van der Waals surface area contributed by atoms with Crippen LogP contribution in [-0.2, 0) is 22.5 Å². The van der Waals surface area contributed by atoms with Crippen molar-refractivity contribution in [2.75, 3.05) is 31.2 Å². The summed E-state index contributed by atoms with van der Waals surface area (Å²) < 4.78 is 5.37. The second-order valence-corrected chi connectivity index (χ2v) is 6.00. The van der Waals surface area contributed by atoms with Gasteiger partial charge in [0.1, 0.15) is 5.82 Å². The highest BCUT2D eigenvalue weighted by Crippen LogP contribution is 2.18. The van der Waals surface area contributed by atoms with Crippen LogP contribution >= 0.6 is 0 Å². The summed E-state index contributed by atoms with van der Waals surface area (Å²) >= 11 is 0. The summed E-state index contributed by atoms with van der Waals surface area (Å²) in [6.45, 7) is 3.20. The van der Waals surface area contributed by atoms with Crippen LogP contribution in [0.2, 0.25) is 0 Å². The van der Waals surface area contributed by atoms with Crippen molar-refractivity contribution in [2.24, 2.45) is 0 Å². The molecule has 1 saturated heterocycles. The number of hydrogen-bond donors (Lipinski definition) is 2. The highest BCUT2D eigenvalue weighted by atomic mass is 16.5. The number of carboxylic acids is 1. The molecule has 0 saturated carbocycles. The van der Waals surface area contributed by atoms with E-state index in [9.17, 15) is 14.7 Å². The SMILES string of the molecule is O=C(Cc1ccccc1C(=O)O)NCc1cccnc1N1CCOCC1. The van der Waals surface area contributed by atoms with Gasteiger partial charge in [0.05, 0.1) is 25.2 Å². The quantitative estimate of drug-likeness (QED) is 0.815. The zero-order valence-corrected chi connectivity index (χ0v) is 14.4. The van der Waals surface area contributed by atoms with E-state index in [2.05, 4.69) is 15.2 Å². The molecule has 2 N–H and O–H groups in total. The summed E-state index contributed by atoms with van der Waals surface area (Å²) in [6.07, 6.45) is 1.76. The molecule has 3 rings (SSSR count). The number of hydrogen-bond acceptors (Lipinski definition) is 5. The lowest BCUT2D eigenvalue weighted by Gasteiger charge is -2.29. The van der Waals surface area contributed by atoms with Crippen LogP contribution < -0.4 is 10.2 Å².